The molecule has 6 heteroatoms. The van der Waals surface area contributed by atoms with Crippen molar-refractivity contribution < 1.29 is 14.6 Å². The molecule has 0 aromatic heterocycles. The lowest BCUT2D eigenvalue weighted by Gasteiger charge is -2.15. The van der Waals surface area contributed by atoms with Crippen molar-refractivity contribution in [2.75, 3.05) is 13.3 Å². The molecule has 0 aliphatic carbocycles. The van der Waals surface area contributed by atoms with Gasteiger partial charge in [0.1, 0.15) is 0 Å². The minimum atomic E-state index is -0.596. The fourth-order valence-electron chi connectivity index (χ4n) is 2.28. The monoisotopic (exact) mass is 330 g/mol. The Bertz CT molecular complexity index is 679. The molecule has 1 atom stereocenters. The van der Waals surface area contributed by atoms with Gasteiger partial charge in [0.25, 0.3) is 0 Å². The first-order chi connectivity index (χ1) is 11.2. The molecule has 1 heterocycles. The highest BCUT2D eigenvalue weighted by molar-refractivity contribution is 7.80. The molecule has 0 fully saturated rings. The van der Waals surface area contributed by atoms with E-state index in [9.17, 15) is 5.11 Å². The van der Waals surface area contributed by atoms with Crippen LogP contribution in [-0.2, 0) is 6.54 Å². The van der Waals surface area contributed by atoms with Crippen molar-refractivity contribution >= 4 is 17.3 Å². The zero-order valence-electron chi connectivity index (χ0n) is 12.5. The van der Waals surface area contributed by atoms with E-state index in [0.29, 0.717) is 18.2 Å². The first-order valence-corrected chi connectivity index (χ1v) is 7.76. The smallest absolute Gasteiger partial charge is 0.231 e. The fraction of sp³-hybridized carbons (Fsp3) is 0.235. The molecule has 3 N–H and O–H groups in total. The largest absolute Gasteiger partial charge is 0.454 e. The number of hydrogen-bond donors (Lipinski definition) is 3. The highest BCUT2D eigenvalue weighted by atomic mass is 32.1. The van der Waals surface area contributed by atoms with E-state index in [2.05, 4.69) is 10.6 Å². The molecule has 5 nitrogen and oxygen atoms in total. The highest BCUT2D eigenvalue weighted by Crippen LogP contribution is 2.32. The fourth-order valence-corrected chi connectivity index (χ4v) is 2.43. The number of rotatable bonds is 5. The summed E-state index contributed by atoms with van der Waals surface area (Å²) in [4.78, 5) is 0. The molecule has 0 unspecified atom stereocenters. The van der Waals surface area contributed by atoms with Gasteiger partial charge in [-0.15, -0.1) is 0 Å². The molecule has 2 aromatic rings. The van der Waals surface area contributed by atoms with Crippen molar-refractivity contribution in [1.82, 2.24) is 10.6 Å². The van der Waals surface area contributed by atoms with Crippen LogP contribution in [-0.4, -0.2) is 23.6 Å². The summed E-state index contributed by atoms with van der Waals surface area (Å²) in [6.07, 6.45) is -0.596. The average Bonchev–Trinajstić information content (AvgIpc) is 3.06. The number of thiocarbonyl (C=S) groups is 1. The molecule has 23 heavy (non-hydrogen) atoms. The van der Waals surface area contributed by atoms with Gasteiger partial charge in [0.05, 0.1) is 6.10 Å². The Morgan fingerprint density at radius 1 is 1.09 bits per heavy atom. The van der Waals surface area contributed by atoms with Gasteiger partial charge in [0.2, 0.25) is 6.79 Å². The van der Waals surface area contributed by atoms with Gasteiger partial charge in [-0.3, -0.25) is 0 Å². The lowest BCUT2D eigenvalue weighted by atomic mass is 10.1. The third-order valence-electron chi connectivity index (χ3n) is 3.53. The second-order valence-corrected chi connectivity index (χ2v) is 5.59. The SMILES string of the molecule is O[C@@H](CNC(=S)NCc1ccc2c(c1)OCO2)c1ccccc1. The third-order valence-corrected chi connectivity index (χ3v) is 3.82. The highest BCUT2D eigenvalue weighted by Gasteiger charge is 2.13. The number of hydrogen-bond acceptors (Lipinski definition) is 4. The molecule has 0 spiro atoms. The number of fused-ring (bicyclic) bond motifs is 1. The quantitative estimate of drug-likeness (QED) is 0.730. The Morgan fingerprint density at radius 3 is 2.70 bits per heavy atom. The molecule has 1 aliphatic rings. The molecule has 0 saturated carbocycles. The van der Waals surface area contributed by atoms with E-state index in [4.69, 9.17) is 21.7 Å². The van der Waals surface area contributed by atoms with Gasteiger partial charge in [-0.25, -0.2) is 0 Å². The van der Waals surface area contributed by atoms with Gasteiger partial charge < -0.3 is 25.2 Å². The predicted molar refractivity (Wildman–Crippen MR) is 91.4 cm³/mol. The van der Waals surface area contributed by atoms with Gasteiger partial charge in [-0.2, -0.15) is 0 Å². The summed E-state index contributed by atoms with van der Waals surface area (Å²) in [5.41, 5.74) is 1.90. The predicted octanol–water partition coefficient (Wildman–Crippen LogP) is 2.11. The number of aliphatic hydroxyl groups is 1. The van der Waals surface area contributed by atoms with Gasteiger partial charge in [0, 0.05) is 13.1 Å². The van der Waals surface area contributed by atoms with Gasteiger partial charge >= 0.3 is 0 Å². The number of aliphatic hydroxyl groups excluding tert-OH is 1. The Labute approximate surface area is 140 Å². The van der Waals surface area contributed by atoms with E-state index in [-0.39, 0.29) is 6.79 Å². The molecule has 120 valence electrons. The van der Waals surface area contributed by atoms with E-state index in [1.54, 1.807) is 0 Å². The molecule has 3 rings (SSSR count). The maximum absolute atomic E-state index is 10.1. The van der Waals surface area contributed by atoms with Crippen molar-refractivity contribution in [3.8, 4) is 11.5 Å². The van der Waals surface area contributed by atoms with Crippen LogP contribution in [0.2, 0.25) is 0 Å². The number of nitrogens with one attached hydrogen (secondary N) is 2. The van der Waals surface area contributed by atoms with Crippen molar-refractivity contribution in [2.45, 2.75) is 12.6 Å². The van der Waals surface area contributed by atoms with E-state index in [1.165, 1.54) is 0 Å². The van der Waals surface area contributed by atoms with E-state index in [1.807, 2.05) is 48.5 Å². The van der Waals surface area contributed by atoms with Crippen LogP contribution >= 0.6 is 12.2 Å². The van der Waals surface area contributed by atoms with E-state index < -0.39 is 6.10 Å². The molecule has 2 aromatic carbocycles. The van der Waals surface area contributed by atoms with E-state index >= 15 is 0 Å². The topological polar surface area (TPSA) is 62.8 Å². The van der Waals surface area contributed by atoms with Crippen LogP contribution in [0.3, 0.4) is 0 Å². The van der Waals surface area contributed by atoms with Crippen LogP contribution in [0, 0.1) is 0 Å². The first-order valence-electron chi connectivity index (χ1n) is 7.35. The summed E-state index contributed by atoms with van der Waals surface area (Å²) >= 11 is 5.23. The molecule has 1 aliphatic heterocycles. The van der Waals surface area contributed by atoms with Crippen LogP contribution in [0.5, 0.6) is 11.5 Å². The van der Waals surface area contributed by atoms with Gasteiger partial charge in [0.15, 0.2) is 16.6 Å². The minimum absolute atomic E-state index is 0.267. The van der Waals surface area contributed by atoms with Crippen LogP contribution in [0.1, 0.15) is 17.2 Å². The normalized spacial score (nSPS) is 13.4. The summed E-state index contributed by atoms with van der Waals surface area (Å²) in [6.45, 7) is 1.20. The second-order valence-electron chi connectivity index (χ2n) is 5.18. The second kappa shape index (κ2) is 7.30. The lowest BCUT2D eigenvalue weighted by Crippen LogP contribution is -2.37. The minimum Gasteiger partial charge on any atom is -0.454 e. The van der Waals surface area contributed by atoms with Crippen molar-refractivity contribution in [2.24, 2.45) is 0 Å². The molecule has 0 radical (unpaired) electrons. The van der Waals surface area contributed by atoms with Crippen LogP contribution in [0.4, 0.5) is 0 Å². The molecule has 0 saturated heterocycles. The maximum atomic E-state index is 10.1. The zero-order valence-corrected chi connectivity index (χ0v) is 13.3. The Balaban J connectivity index is 1.45. The molecule has 0 amide bonds. The first kappa shape index (κ1) is 15.6. The summed E-state index contributed by atoms with van der Waals surface area (Å²) < 4.78 is 10.6. The third kappa shape index (κ3) is 4.12. The van der Waals surface area contributed by atoms with Crippen molar-refractivity contribution in [3.05, 3.63) is 59.7 Å². The van der Waals surface area contributed by atoms with Gasteiger partial charge in [-0.1, -0.05) is 36.4 Å². The summed E-state index contributed by atoms with van der Waals surface area (Å²) in [5.74, 6) is 1.52. The Hall–Kier alpha value is -2.31. The number of ether oxygens (including phenoxy) is 2. The average molecular weight is 330 g/mol. The molecular weight excluding hydrogens is 312 g/mol. The summed E-state index contributed by atoms with van der Waals surface area (Å²) in [5, 5.41) is 16.7. The summed E-state index contributed by atoms with van der Waals surface area (Å²) in [7, 11) is 0. The standard InChI is InChI=1S/C17H18N2O3S/c20-14(13-4-2-1-3-5-13)10-19-17(23)18-9-12-6-7-15-16(8-12)22-11-21-15/h1-8,14,20H,9-11H2,(H2,18,19,23)/t14-/m0/s1. The Kier molecular flexibility index (Phi) is 4.95. The van der Waals surface area contributed by atoms with E-state index in [0.717, 1.165) is 22.6 Å². The maximum Gasteiger partial charge on any atom is 0.231 e. The summed E-state index contributed by atoms with van der Waals surface area (Å²) in [6, 6.07) is 15.3. The van der Waals surface area contributed by atoms with Crippen molar-refractivity contribution in [1.29, 1.82) is 0 Å². The van der Waals surface area contributed by atoms with Gasteiger partial charge in [-0.05, 0) is 35.5 Å². The molecular formula is C17H18N2O3S. The zero-order chi connectivity index (χ0) is 16.1. The number of benzene rings is 2. The Morgan fingerprint density at radius 2 is 1.87 bits per heavy atom. The lowest BCUT2D eigenvalue weighted by molar-refractivity contribution is 0.174. The van der Waals surface area contributed by atoms with Crippen molar-refractivity contribution in [3.63, 3.8) is 0 Å². The van der Waals surface area contributed by atoms with Crippen LogP contribution in [0.15, 0.2) is 48.5 Å². The molecule has 0 bridgehead atoms. The van der Waals surface area contributed by atoms with Crippen LogP contribution < -0.4 is 20.1 Å². The van der Waals surface area contributed by atoms with Crippen LogP contribution in [0.25, 0.3) is 0 Å².